The van der Waals surface area contributed by atoms with Gasteiger partial charge >= 0.3 is 0 Å². The molecule has 4 heterocycles. The van der Waals surface area contributed by atoms with Gasteiger partial charge in [0.25, 0.3) is 0 Å². The predicted molar refractivity (Wildman–Crippen MR) is 205 cm³/mol. The van der Waals surface area contributed by atoms with Crippen LogP contribution < -0.4 is 10.6 Å². The molecule has 7 aromatic carbocycles. The average Bonchev–Trinajstić information content (AvgIpc) is 3.89. The Bertz CT molecular complexity index is 3000. The molecular formula is C45H29N3O3. The molecule has 0 amide bonds. The van der Waals surface area contributed by atoms with E-state index in [2.05, 4.69) is 126 Å². The van der Waals surface area contributed by atoms with Gasteiger partial charge in [-0.1, -0.05) is 115 Å². The molecule has 2 atom stereocenters. The topological polar surface area (TPSA) is 75.8 Å². The van der Waals surface area contributed by atoms with Crippen molar-refractivity contribution < 1.29 is 13.3 Å². The molecule has 0 saturated carbocycles. The van der Waals surface area contributed by atoms with Crippen LogP contribution in [0.15, 0.2) is 170 Å². The van der Waals surface area contributed by atoms with Gasteiger partial charge in [-0.15, -0.1) is 0 Å². The molecule has 1 aliphatic heterocycles. The predicted octanol–water partition coefficient (Wildman–Crippen LogP) is 11.4. The van der Waals surface area contributed by atoms with Crippen LogP contribution in [0.4, 0.5) is 0 Å². The summed E-state index contributed by atoms with van der Waals surface area (Å²) in [5, 5.41) is 14.0. The summed E-state index contributed by atoms with van der Waals surface area (Å²) < 4.78 is 19.4. The van der Waals surface area contributed by atoms with Crippen LogP contribution in [-0.2, 0) is 0 Å². The van der Waals surface area contributed by atoms with E-state index in [0.717, 1.165) is 99.5 Å². The number of amidine groups is 1. The minimum atomic E-state index is -0.287. The molecule has 6 nitrogen and oxygen atoms in total. The SMILES string of the molecule is c1ccc(C2N=C(c3ccc4oc5cccc(-c6cccc7c6oc6ccccc67)c5c4c3)NC(c3cccc4c3oc3ccccc34)N2)cc1. The fraction of sp³-hybridized carbons (Fsp3) is 0.0444. The molecule has 0 bridgehead atoms. The lowest BCUT2D eigenvalue weighted by Gasteiger charge is -2.32. The van der Waals surface area contributed by atoms with Crippen LogP contribution in [0.25, 0.3) is 76.9 Å². The van der Waals surface area contributed by atoms with E-state index >= 15 is 0 Å². The Hall–Kier alpha value is -6.63. The molecule has 0 aliphatic carbocycles. The lowest BCUT2D eigenvalue weighted by molar-refractivity contribution is 0.408. The first-order valence-electron chi connectivity index (χ1n) is 17.2. The van der Waals surface area contributed by atoms with Crippen molar-refractivity contribution in [3.05, 3.63) is 168 Å². The molecule has 0 fully saturated rings. The van der Waals surface area contributed by atoms with Gasteiger partial charge in [-0.3, -0.25) is 5.32 Å². The third kappa shape index (κ3) is 4.37. The summed E-state index contributed by atoms with van der Waals surface area (Å²) in [6, 6.07) is 52.0. The Morgan fingerprint density at radius 3 is 1.92 bits per heavy atom. The van der Waals surface area contributed by atoms with Crippen molar-refractivity contribution in [3.8, 4) is 11.1 Å². The van der Waals surface area contributed by atoms with Gasteiger partial charge in [0, 0.05) is 49.0 Å². The van der Waals surface area contributed by atoms with Crippen LogP contribution >= 0.6 is 0 Å². The molecule has 10 aromatic rings. The van der Waals surface area contributed by atoms with Crippen molar-refractivity contribution in [2.45, 2.75) is 12.3 Å². The normalized spacial score (nSPS) is 16.4. The van der Waals surface area contributed by atoms with Gasteiger partial charge in [0.05, 0.1) is 0 Å². The zero-order chi connectivity index (χ0) is 33.5. The molecule has 6 heteroatoms. The second-order valence-corrected chi connectivity index (χ2v) is 13.1. The Labute approximate surface area is 291 Å². The van der Waals surface area contributed by atoms with Crippen molar-refractivity contribution in [2.75, 3.05) is 0 Å². The third-order valence-corrected chi connectivity index (χ3v) is 10.2. The number of fused-ring (bicyclic) bond motifs is 9. The number of nitrogens with zero attached hydrogens (tertiary/aromatic N) is 1. The summed E-state index contributed by atoms with van der Waals surface area (Å²) in [5.74, 6) is 0.786. The third-order valence-electron chi connectivity index (χ3n) is 10.2. The summed E-state index contributed by atoms with van der Waals surface area (Å²) in [6.45, 7) is 0. The van der Waals surface area contributed by atoms with Crippen LogP contribution in [0.5, 0.6) is 0 Å². The summed E-state index contributed by atoms with van der Waals surface area (Å²) in [7, 11) is 0. The smallest absolute Gasteiger partial charge is 0.143 e. The van der Waals surface area contributed by atoms with E-state index in [-0.39, 0.29) is 12.3 Å². The van der Waals surface area contributed by atoms with E-state index in [1.807, 2.05) is 36.4 Å². The zero-order valence-electron chi connectivity index (χ0n) is 27.3. The Morgan fingerprint density at radius 1 is 0.471 bits per heavy atom. The summed E-state index contributed by atoms with van der Waals surface area (Å²) in [4.78, 5) is 5.26. The molecule has 11 rings (SSSR count). The van der Waals surface area contributed by atoms with Gasteiger partial charge in [0.1, 0.15) is 51.7 Å². The van der Waals surface area contributed by atoms with Gasteiger partial charge < -0.3 is 18.6 Å². The first kappa shape index (κ1) is 28.2. The standard InChI is InChI=1S/C45H29N3O3/c1-2-11-26(12-3-1)43-46-44(48-45(47-43)34-19-9-17-32-29-14-5-7-21-37(29)51-42(32)34)27-23-24-38-35(25-27)40-30(15-10-22-39(40)49-38)33-18-8-16-31-28-13-4-6-20-36(28)50-41(31)33/h1-25,43,45,47H,(H,46,48). The van der Waals surface area contributed by atoms with E-state index in [1.165, 1.54) is 0 Å². The van der Waals surface area contributed by atoms with E-state index in [9.17, 15) is 0 Å². The monoisotopic (exact) mass is 659 g/mol. The molecule has 2 N–H and O–H groups in total. The Kier molecular flexibility index (Phi) is 6.05. The second kappa shape index (κ2) is 10.9. The number of furan rings is 3. The Balaban J connectivity index is 1.08. The highest BCUT2D eigenvalue weighted by Crippen LogP contribution is 2.42. The highest BCUT2D eigenvalue weighted by atomic mass is 16.3. The van der Waals surface area contributed by atoms with Crippen LogP contribution in [0.2, 0.25) is 0 Å². The molecule has 242 valence electrons. The largest absolute Gasteiger partial charge is 0.456 e. The van der Waals surface area contributed by atoms with Crippen LogP contribution in [-0.4, -0.2) is 5.84 Å². The molecule has 0 spiro atoms. The van der Waals surface area contributed by atoms with Crippen LogP contribution in [0.1, 0.15) is 29.0 Å². The quantitative estimate of drug-likeness (QED) is 0.197. The van der Waals surface area contributed by atoms with E-state index in [0.29, 0.717) is 0 Å². The van der Waals surface area contributed by atoms with Crippen molar-refractivity contribution in [3.63, 3.8) is 0 Å². The first-order valence-corrected chi connectivity index (χ1v) is 17.2. The Morgan fingerprint density at radius 2 is 1.10 bits per heavy atom. The maximum absolute atomic E-state index is 6.48. The van der Waals surface area contributed by atoms with Gasteiger partial charge in [-0.2, -0.15) is 0 Å². The minimum absolute atomic E-state index is 0.273. The first-order chi connectivity index (χ1) is 25.3. The molecule has 0 saturated heterocycles. The molecule has 2 unspecified atom stereocenters. The lowest BCUT2D eigenvalue weighted by atomic mass is 9.97. The molecule has 1 aliphatic rings. The lowest BCUT2D eigenvalue weighted by Crippen LogP contribution is -2.45. The highest BCUT2D eigenvalue weighted by Gasteiger charge is 2.28. The minimum Gasteiger partial charge on any atom is -0.456 e. The fourth-order valence-electron chi connectivity index (χ4n) is 7.83. The molecule has 51 heavy (non-hydrogen) atoms. The van der Waals surface area contributed by atoms with Crippen molar-refractivity contribution in [2.24, 2.45) is 4.99 Å². The van der Waals surface area contributed by atoms with Crippen LogP contribution in [0, 0.1) is 0 Å². The molecule has 3 aromatic heterocycles. The number of benzene rings is 7. The van der Waals surface area contributed by atoms with E-state index in [1.54, 1.807) is 0 Å². The van der Waals surface area contributed by atoms with E-state index in [4.69, 9.17) is 18.2 Å². The van der Waals surface area contributed by atoms with Gasteiger partial charge in [0.15, 0.2) is 0 Å². The summed E-state index contributed by atoms with van der Waals surface area (Å²) in [5.41, 5.74) is 10.3. The summed E-state index contributed by atoms with van der Waals surface area (Å²) in [6.07, 6.45) is -0.560. The second-order valence-electron chi connectivity index (χ2n) is 13.1. The van der Waals surface area contributed by atoms with Gasteiger partial charge in [-0.25, -0.2) is 4.99 Å². The van der Waals surface area contributed by atoms with Crippen molar-refractivity contribution in [1.82, 2.24) is 10.6 Å². The van der Waals surface area contributed by atoms with Gasteiger partial charge in [-0.05, 0) is 47.5 Å². The number of aliphatic imine (C=N–C) groups is 1. The molecular weight excluding hydrogens is 631 g/mol. The van der Waals surface area contributed by atoms with Gasteiger partial charge in [0.2, 0.25) is 0 Å². The number of para-hydroxylation sites is 4. The average molecular weight is 660 g/mol. The van der Waals surface area contributed by atoms with Crippen molar-refractivity contribution in [1.29, 1.82) is 0 Å². The fourth-order valence-corrected chi connectivity index (χ4v) is 7.83. The van der Waals surface area contributed by atoms with E-state index < -0.39 is 0 Å². The molecule has 0 radical (unpaired) electrons. The maximum atomic E-state index is 6.48. The number of rotatable bonds is 4. The van der Waals surface area contributed by atoms with Crippen molar-refractivity contribution >= 4 is 71.7 Å². The van der Waals surface area contributed by atoms with Crippen LogP contribution in [0.3, 0.4) is 0 Å². The number of hydrogen-bond acceptors (Lipinski definition) is 6. The number of hydrogen-bond donors (Lipinski definition) is 2. The zero-order valence-corrected chi connectivity index (χ0v) is 27.3. The maximum Gasteiger partial charge on any atom is 0.143 e. The summed E-state index contributed by atoms with van der Waals surface area (Å²) >= 11 is 0. The highest BCUT2D eigenvalue weighted by molar-refractivity contribution is 6.18. The number of nitrogens with one attached hydrogen (secondary N) is 2.